The standard InChI is InChI=1S/C21H15Cl2N3O4S/c1-12-5-6-13(26(28)29)11-17(12)24-21(31)25-19(27)10-8-14-7-9-18(30-14)15-3-2-4-16(22)20(15)23/h2-11H,1H3,(H2,24,25,27,31). The number of carbonyl (C=O) groups excluding carboxylic acids is 1. The van der Waals surface area contributed by atoms with E-state index in [9.17, 15) is 14.9 Å². The van der Waals surface area contributed by atoms with Crippen LogP contribution in [0.4, 0.5) is 11.4 Å². The van der Waals surface area contributed by atoms with Gasteiger partial charge >= 0.3 is 0 Å². The fourth-order valence-electron chi connectivity index (χ4n) is 2.60. The quantitative estimate of drug-likeness (QED) is 0.203. The van der Waals surface area contributed by atoms with Gasteiger partial charge in [0.1, 0.15) is 11.5 Å². The number of non-ortho nitro benzene ring substituents is 1. The summed E-state index contributed by atoms with van der Waals surface area (Å²) in [4.78, 5) is 22.5. The van der Waals surface area contributed by atoms with Crippen molar-refractivity contribution < 1.29 is 14.1 Å². The topological polar surface area (TPSA) is 97.4 Å². The van der Waals surface area contributed by atoms with Crippen molar-refractivity contribution in [1.29, 1.82) is 0 Å². The molecule has 10 heteroatoms. The maximum Gasteiger partial charge on any atom is 0.271 e. The van der Waals surface area contributed by atoms with Gasteiger partial charge in [-0.25, -0.2) is 0 Å². The molecule has 0 atom stereocenters. The molecular formula is C21H15Cl2N3O4S. The fraction of sp³-hybridized carbons (Fsp3) is 0.0476. The molecule has 1 aromatic heterocycles. The number of benzene rings is 2. The molecule has 2 N–H and O–H groups in total. The smallest absolute Gasteiger partial charge is 0.271 e. The van der Waals surface area contributed by atoms with Crippen molar-refractivity contribution in [2.24, 2.45) is 0 Å². The Bertz CT molecular complexity index is 1210. The molecule has 158 valence electrons. The van der Waals surface area contributed by atoms with E-state index in [2.05, 4.69) is 10.6 Å². The molecule has 0 aliphatic heterocycles. The van der Waals surface area contributed by atoms with Crippen LogP contribution in [0.3, 0.4) is 0 Å². The number of nitrogens with zero attached hydrogens (tertiary/aromatic N) is 1. The van der Waals surface area contributed by atoms with E-state index in [1.165, 1.54) is 24.3 Å². The summed E-state index contributed by atoms with van der Waals surface area (Å²) >= 11 is 17.3. The van der Waals surface area contributed by atoms with Gasteiger partial charge in [0.05, 0.1) is 15.0 Å². The third kappa shape index (κ3) is 5.69. The Morgan fingerprint density at radius 2 is 1.97 bits per heavy atom. The van der Waals surface area contributed by atoms with Crippen LogP contribution in [0.15, 0.2) is 59.0 Å². The number of amides is 1. The highest BCUT2D eigenvalue weighted by Crippen LogP contribution is 2.34. The third-order valence-corrected chi connectivity index (χ3v) is 5.18. The van der Waals surface area contributed by atoms with Crippen LogP contribution in [0.25, 0.3) is 17.4 Å². The molecular weight excluding hydrogens is 461 g/mol. The van der Waals surface area contributed by atoms with Gasteiger partial charge in [-0.05, 0) is 55.0 Å². The fourth-order valence-corrected chi connectivity index (χ4v) is 3.21. The lowest BCUT2D eigenvalue weighted by atomic mass is 10.2. The zero-order chi connectivity index (χ0) is 22.5. The van der Waals surface area contributed by atoms with Crippen LogP contribution in [0.5, 0.6) is 0 Å². The van der Waals surface area contributed by atoms with Crippen molar-refractivity contribution in [3.8, 4) is 11.3 Å². The van der Waals surface area contributed by atoms with Crippen LogP contribution in [0, 0.1) is 17.0 Å². The molecule has 0 bridgehead atoms. The van der Waals surface area contributed by atoms with Crippen LogP contribution in [0.1, 0.15) is 11.3 Å². The van der Waals surface area contributed by atoms with Gasteiger partial charge < -0.3 is 9.73 Å². The van der Waals surface area contributed by atoms with Crippen molar-refractivity contribution in [3.63, 3.8) is 0 Å². The lowest BCUT2D eigenvalue weighted by molar-refractivity contribution is -0.384. The van der Waals surface area contributed by atoms with E-state index in [-0.39, 0.29) is 10.8 Å². The first kappa shape index (κ1) is 22.5. The van der Waals surface area contributed by atoms with E-state index in [4.69, 9.17) is 39.8 Å². The SMILES string of the molecule is Cc1ccc([N+](=O)[O-])cc1NC(=S)NC(=O)C=Cc1ccc(-c2cccc(Cl)c2Cl)o1. The number of nitro benzene ring substituents is 1. The first-order valence-corrected chi connectivity index (χ1v) is 10.0. The molecule has 0 aliphatic carbocycles. The van der Waals surface area contributed by atoms with Crippen LogP contribution < -0.4 is 10.6 Å². The summed E-state index contributed by atoms with van der Waals surface area (Å²) < 4.78 is 5.69. The van der Waals surface area contributed by atoms with E-state index in [1.807, 2.05) is 0 Å². The van der Waals surface area contributed by atoms with Crippen molar-refractivity contribution in [3.05, 3.63) is 86.1 Å². The Labute approximate surface area is 192 Å². The number of hydrogen-bond donors (Lipinski definition) is 2. The Kier molecular flexibility index (Phi) is 7.06. The normalized spacial score (nSPS) is 10.8. The molecule has 1 heterocycles. The van der Waals surface area contributed by atoms with Gasteiger partial charge in [0.2, 0.25) is 5.91 Å². The number of rotatable bonds is 5. The van der Waals surface area contributed by atoms with E-state index in [0.717, 1.165) is 5.56 Å². The number of furan rings is 1. The van der Waals surface area contributed by atoms with E-state index >= 15 is 0 Å². The number of hydrogen-bond acceptors (Lipinski definition) is 5. The minimum atomic E-state index is -0.511. The molecule has 0 saturated heterocycles. The highest BCUT2D eigenvalue weighted by molar-refractivity contribution is 7.80. The lowest BCUT2D eigenvalue weighted by Crippen LogP contribution is -2.33. The largest absolute Gasteiger partial charge is 0.457 e. The summed E-state index contributed by atoms with van der Waals surface area (Å²) in [6.07, 6.45) is 2.72. The Morgan fingerprint density at radius 1 is 1.19 bits per heavy atom. The lowest BCUT2D eigenvalue weighted by Gasteiger charge is -2.10. The van der Waals surface area contributed by atoms with Crippen LogP contribution in [0.2, 0.25) is 10.0 Å². The van der Waals surface area contributed by atoms with Gasteiger partial charge in [-0.3, -0.25) is 20.2 Å². The summed E-state index contributed by atoms with van der Waals surface area (Å²) in [5, 5.41) is 17.0. The highest BCUT2D eigenvalue weighted by atomic mass is 35.5. The minimum absolute atomic E-state index is 0.00379. The maximum absolute atomic E-state index is 12.1. The van der Waals surface area contributed by atoms with Crippen LogP contribution in [-0.4, -0.2) is 15.9 Å². The maximum atomic E-state index is 12.1. The van der Waals surface area contributed by atoms with Crippen molar-refractivity contribution >= 4 is 63.9 Å². The summed E-state index contributed by atoms with van der Waals surface area (Å²) in [6.45, 7) is 1.76. The van der Waals surface area contributed by atoms with E-state index < -0.39 is 10.8 Å². The van der Waals surface area contributed by atoms with Crippen LogP contribution in [-0.2, 0) is 4.79 Å². The van der Waals surface area contributed by atoms with Crippen molar-refractivity contribution in [2.75, 3.05) is 5.32 Å². The predicted octanol–water partition coefficient (Wildman–Crippen LogP) is 6.00. The van der Waals surface area contributed by atoms with Gasteiger partial charge in [0, 0.05) is 29.5 Å². The Hall–Kier alpha value is -3.20. The highest BCUT2D eigenvalue weighted by Gasteiger charge is 2.12. The number of nitrogens with one attached hydrogen (secondary N) is 2. The van der Waals surface area contributed by atoms with Crippen molar-refractivity contribution in [2.45, 2.75) is 6.92 Å². The van der Waals surface area contributed by atoms with Crippen LogP contribution >= 0.6 is 35.4 Å². The molecule has 0 radical (unpaired) electrons. The first-order chi connectivity index (χ1) is 14.7. The molecule has 0 fully saturated rings. The Balaban J connectivity index is 1.63. The number of carbonyl (C=O) groups is 1. The molecule has 0 saturated carbocycles. The molecule has 0 aliphatic rings. The molecule has 1 amide bonds. The zero-order valence-electron chi connectivity index (χ0n) is 16.0. The van der Waals surface area contributed by atoms with E-state index in [0.29, 0.717) is 32.8 Å². The van der Waals surface area contributed by atoms with Gasteiger partial charge in [-0.2, -0.15) is 0 Å². The first-order valence-electron chi connectivity index (χ1n) is 8.84. The van der Waals surface area contributed by atoms with Gasteiger partial charge in [-0.1, -0.05) is 35.3 Å². The molecule has 7 nitrogen and oxygen atoms in total. The Morgan fingerprint density at radius 3 is 2.71 bits per heavy atom. The number of aryl methyl sites for hydroxylation is 1. The zero-order valence-corrected chi connectivity index (χ0v) is 18.3. The second kappa shape index (κ2) is 9.74. The number of anilines is 1. The summed E-state index contributed by atoms with van der Waals surface area (Å²) in [5.41, 5.74) is 1.71. The molecule has 0 unspecified atom stereocenters. The van der Waals surface area contributed by atoms with Gasteiger partial charge in [0.25, 0.3) is 5.69 Å². The monoisotopic (exact) mass is 475 g/mol. The second-order valence-electron chi connectivity index (χ2n) is 6.34. The average molecular weight is 476 g/mol. The number of thiocarbonyl (C=S) groups is 1. The average Bonchev–Trinajstić information content (AvgIpc) is 3.18. The van der Waals surface area contributed by atoms with Gasteiger partial charge in [-0.15, -0.1) is 0 Å². The molecule has 3 rings (SSSR count). The number of nitro groups is 1. The minimum Gasteiger partial charge on any atom is -0.457 e. The molecule has 3 aromatic rings. The summed E-state index contributed by atoms with van der Waals surface area (Å²) in [6, 6.07) is 12.9. The number of halogens is 2. The molecule has 2 aromatic carbocycles. The predicted molar refractivity (Wildman–Crippen MR) is 125 cm³/mol. The molecule has 0 spiro atoms. The third-order valence-electron chi connectivity index (χ3n) is 4.16. The van der Waals surface area contributed by atoms with Gasteiger partial charge in [0.15, 0.2) is 5.11 Å². The summed E-state index contributed by atoms with van der Waals surface area (Å²) in [5.74, 6) is 0.430. The second-order valence-corrected chi connectivity index (χ2v) is 7.53. The molecule has 31 heavy (non-hydrogen) atoms. The summed E-state index contributed by atoms with van der Waals surface area (Å²) in [7, 11) is 0. The van der Waals surface area contributed by atoms with Crippen molar-refractivity contribution in [1.82, 2.24) is 5.32 Å². The van der Waals surface area contributed by atoms with E-state index in [1.54, 1.807) is 43.3 Å².